The zero-order valence-corrected chi connectivity index (χ0v) is 21.6. The molecular weight excluding hydrogens is 480 g/mol. The van der Waals surface area contributed by atoms with E-state index < -0.39 is 28.6 Å². The SMILES string of the molecule is CC[C@@H](C)[C@@H](NC(=O)OC(C)(C)C)C(=O)Oc1ccc2c(=O)c(-c3ccc([N+](=O)[O-])cc3)c(C)oc2c1. The number of carbonyl (C=O) groups excluding carboxylic acids is 2. The van der Waals surface area contributed by atoms with Crippen molar-refractivity contribution in [3.05, 3.63) is 68.6 Å². The highest BCUT2D eigenvalue weighted by Gasteiger charge is 2.30. The molecule has 0 aliphatic heterocycles. The van der Waals surface area contributed by atoms with E-state index in [4.69, 9.17) is 13.9 Å². The number of fused-ring (bicyclic) bond motifs is 1. The molecule has 2 aromatic carbocycles. The van der Waals surface area contributed by atoms with Crippen molar-refractivity contribution in [1.29, 1.82) is 0 Å². The molecule has 3 aromatic rings. The molecule has 3 rings (SSSR count). The van der Waals surface area contributed by atoms with Gasteiger partial charge in [-0.05, 0) is 63.4 Å². The lowest BCUT2D eigenvalue weighted by atomic mass is 9.99. The van der Waals surface area contributed by atoms with Crippen LogP contribution in [0.1, 0.15) is 46.8 Å². The van der Waals surface area contributed by atoms with Gasteiger partial charge >= 0.3 is 12.1 Å². The second kappa shape index (κ2) is 10.8. The highest BCUT2D eigenvalue weighted by Crippen LogP contribution is 2.28. The van der Waals surface area contributed by atoms with Crippen LogP contribution in [0.25, 0.3) is 22.1 Å². The van der Waals surface area contributed by atoms with Crippen molar-refractivity contribution >= 4 is 28.7 Å². The zero-order chi connectivity index (χ0) is 27.5. The van der Waals surface area contributed by atoms with Crippen LogP contribution in [0.4, 0.5) is 10.5 Å². The van der Waals surface area contributed by atoms with Crippen LogP contribution in [-0.2, 0) is 9.53 Å². The summed E-state index contributed by atoms with van der Waals surface area (Å²) in [6, 6.07) is 9.06. The van der Waals surface area contributed by atoms with Gasteiger partial charge in [-0.1, -0.05) is 20.3 Å². The van der Waals surface area contributed by atoms with Crippen molar-refractivity contribution in [3.63, 3.8) is 0 Å². The van der Waals surface area contributed by atoms with E-state index in [9.17, 15) is 24.5 Å². The van der Waals surface area contributed by atoms with Gasteiger partial charge in [-0.25, -0.2) is 9.59 Å². The summed E-state index contributed by atoms with van der Waals surface area (Å²) in [6.07, 6.45) is -0.124. The van der Waals surface area contributed by atoms with Crippen LogP contribution in [0.3, 0.4) is 0 Å². The second-order valence-corrected chi connectivity index (χ2v) is 9.75. The number of nitrogens with one attached hydrogen (secondary N) is 1. The second-order valence-electron chi connectivity index (χ2n) is 9.75. The molecule has 1 heterocycles. The Labute approximate surface area is 213 Å². The van der Waals surface area contributed by atoms with Gasteiger partial charge < -0.3 is 19.2 Å². The molecule has 1 amide bonds. The third kappa shape index (κ3) is 6.52. The number of aryl methyl sites for hydroxylation is 1. The third-order valence-electron chi connectivity index (χ3n) is 5.76. The number of esters is 1. The highest BCUT2D eigenvalue weighted by molar-refractivity contribution is 5.86. The van der Waals surface area contributed by atoms with Gasteiger partial charge in [0.2, 0.25) is 5.43 Å². The fourth-order valence-electron chi connectivity index (χ4n) is 3.72. The van der Waals surface area contributed by atoms with Crippen molar-refractivity contribution in [2.75, 3.05) is 0 Å². The van der Waals surface area contributed by atoms with Crippen LogP contribution in [-0.4, -0.2) is 28.6 Å². The molecule has 0 aliphatic rings. The first-order valence-electron chi connectivity index (χ1n) is 11.8. The average Bonchev–Trinajstić information content (AvgIpc) is 2.81. The Kier molecular flexibility index (Phi) is 8.00. The maximum absolute atomic E-state index is 13.2. The number of benzene rings is 2. The summed E-state index contributed by atoms with van der Waals surface area (Å²) in [5.74, 6) is -0.465. The van der Waals surface area contributed by atoms with E-state index in [2.05, 4.69) is 5.32 Å². The van der Waals surface area contributed by atoms with Crippen LogP contribution < -0.4 is 15.5 Å². The fraction of sp³-hybridized carbons (Fsp3) is 0.370. The average molecular weight is 511 g/mol. The molecule has 0 aliphatic carbocycles. The minimum atomic E-state index is -0.950. The fourth-order valence-corrected chi connectivity index (χ4v) is 3.72. The van der Waals surface area contributed by atoms with Gasteiger partial charge in [0.15, 0.2) is 0 Å². The number of rotatable bonds is 7. The van der Waals surface area contributed by atoms with Crippen molar-refractivity contribution in [2.24, 2.45) is 5.92 Å². The van der Waals surface area contributed by atoms with Crippen LogP contribution in [0.15, 0.2) is 51.7 Å². The molecule has 0 spiro atoms. The van der Waals surface area contributed by atoms with Gasteiger partial charge in [0.05, 0.1) is 15.9 Å². The minimum Gasteiger partial charge on any atom is -0.460 e. The van der Waals surface area contributed by atoms with Crippen LogP contribution >= 0.6 is 0 Å². The van der Waals surface area contributed by atoms with Crippen molar-refractivity contribution < 1.29 is 28.4 Å². The first-order valence-corrected chi connectivity index (χ1v) is 11.8. The molecule has 2 atom stereocenters. The number of nitrogens with zero attached hydrogens (tertiary/aromatic N) is 1. The lowest BCUT2D eigenvalue weighted by Gasteiger charge is -2.25. The number of amides is 1. The van der Waals surface area contributed by atoms with Gasteiger partial charge in [0.25, 0.3) is 5.69 Å². The molecule has 10 nitrogen and oxygen atoms in total. The largest absolute Gasteiger partial charge is 0.460 e. The highest BCUT2D eigenvalue weighted by atomic mass is 16.6. The minimum absolute atomic E-state index is 0.0881. The standard InChI is InChI=1S/C27H30N2O8/c1-7-15(2)23(28-26(32)37-27(4,5)6)25(31)36-19-12-13-20-21(14-19)35-16(3)22(24(20)30)17-8-10-18(11-9-17)29(33)34/h8-15,23H,7H2,1-6H3,(H,28,32)/t15-,23-/m1/s1. The summed E-state index contributed by atoms with van der Waals surface area (Å²) in [5.41, 5.74) is -0.165. The van der Waals surface area contributed by atoms with Gasteiger partial charge in [-0.3, -0.25) is 14.9 Å². The Morgan fingerprint density at radius 3 is 2.35 bits per heavy atom. The quantitative estimate of drug-likeness (QED) is 0.190. The van der Waals surface area contributed by atoms with E-state index in [0.29, 0.717) is 17.7 Å². The summed E-state index contributed by atoms with van der Waals surface area (Å²) < 4.78 is 16.7. The zero-order valence-electron chi connectivity index (χ0n) is 21.6. The maximum atomic E-state index is 13.2. The lowest BCUT2D eigenvalue weighted by Crippen LogP contribution is -2.48. The molecule has 0 fully saturated rings. The molecule has 0 unspecified atom stereocenters. The topological polar surface area (TPSA) is 138 Å². The summed E-state index contributed by atoms with van der Waals surface area (Å²) in [4.78, 5) is 48.9. The Morgan fingerprint density at radius 2 is 1.78 bits per heavy atom. The number of nitro groups is 1. The van der Waals surface area contributed by atoms with E-state index >= 15 is 0 Å². The summed E-state index contributed by atoms with van der Waals surface area (Å²) >= 11 is 0. The van der Waals surface area contributed by atoms with E-state index in [1.54, 1.807) is 27.7 Å². The Hall–Kier alpha value is -4.21. The van der Waals surface area contributed by atoms with E-state index in [1.807, 2.05) is 13.8 Å². The van der Waals surface area contributed by atoms with Gasteiger partial charge in [0.1, 0.15) is 28.7 Å². The third-order valence-corrected chi connectivity index (χ3v) is 5.76. The number of ether oxygens (including phenoxy) is 2. The van der Waals surface area contributed by atoms with Crippen molar-refractivity contribution in [1.82, 2.24) is 5.32 Å². The molecular formula is C27H30N2O8. The molecule has 1 N–H and O–H groups in total. The molecule has 0 saturated heterocycles. The normalized spacial score (nSPS) is 13.0. The van der Waals surface area contributed by atoms with Crippen molar-refractivity contribution in [2.45, 2.75) is 59.6 Å². The van der Waals surface area contributed by atoms with E-state index in [-0.39, 0.29) is 39.3 Å². The predicted molar refractivity (Wildman–Crippen MR) is 138 cm³/mol. The van der Waals surface area contributed by atoms with Crippen molar-refractivity contribution in [3.8, 4) is 16.9 Å². The number of carbonyl (C=O) groups is 2. The van der Waals surface area contributed by atoms with Gasteiger partial charge in [-0.2, -0.15) is 0 Å². The number of nitro benzene ring substituents is 1. The summed E-state index contributed by atoms with van der Waals surface area (Å²) in [7, 11) is 0. The Bertz CT molecular complexity index is 1390. The number of alkyl carbamates (subject to hydrolysis) is 1. The molecule has 0 saturated carbocycles. The van der Waals surface area contributed by atoms with Gasteiger partial charge in [0, 0.05) is 18.2 Å². The Balaban J connectivity index is 1.89. The van der Waals surface area contributed by atoms with E-state index in [0.717, 1.165) is 0 Å². The number of non-ortho nitro benzene ring substituents is 1. The first-order chi connectivity index (χ1) is 17.3. The maximum Gasteiger partial charge on any atom is 0.408 e. The summed E-state index contributed by atoms with van der Waals surface area (Å²) in [5, 5.41) is 13.8. The Morgan fingerprint density at radius 1 is 1.14 bits per heavy atom. The van der Waals surface area contributed by atoms with Crippen LogP contribution in [0.5, 0.6) is 5.75 Å². The molecule has 0 radical (unpaired) electrons. The number of hydrogen-bond donors (Lipinski definition) is 1. The first kappa shape index (κ1) is 27.4. The predicted octanol–water partition coefficient (Wildman–Crippen LogP) is 5.52. The molecule has 196 valence electrons. The van der Waals surface area contributed by atoms with Crippen LogP contribution in [0, 0.1) is 23.0 Å². The molecule has 1 aromatic heterocycles. The van der Waals surface area contributed by atoms with E-state index in [1.165, 1.54) is 42.5 Å². The smallest absolute Gasteiger partial charge is 0.408 e. The van der Waals surface area contributed by atoms with Gasteiger partial charge in [-0.15, -0.1) is 0 Å². The lowest BCUT2D eigenvalue weighted by molar-refractivity contribution is -0.384. The summed E-state index contributed by atoms with van der Waals surface area (Å²) in [6.45, 7) is 10.5. The number of hydrogen-bond acceptors (Lipinski definition) is 8. The molecule has 0 bridgehead atoms. The van der Waals surface area contributed by atoms with Crippen LogP contribution in [0.2, 0.25) is 0 Å². The molecule has 37 heavy (non-hydrogen) atoms. The monoisotopic (exact) mass is 510 g/mol. The molecule has 10 heteroatoms.